The molecule has 0 aliphatic heterocycles. The van der Waals surface area contributed by atoms with E-state index >= 15 is 0 Å². The van der Waals surface area contributed by atoms with Gasteiger partial charge in [0.2, 0.25) is 5.91 Å². The fourth-order valence-corrected chi connectivity index (χ4v) is 2.26. The highest BCUT2D eigenvalue weighted by atomic mass is 16.5. The minimum absolute atomic E-state index is 0.242. The van der Waals surface area contributed by atoms with E-state index in [2.05, 4.69) is 15.4 Å². The zero-order chi connectivity index (χ0) is 16.8. The minimum atomic E-state index is -0.242. The molecule has 24 heavy (non-hydrogen) atoms. The summed E-state index contributed by atoms with van der Waals surface area (Å²) in [5, 5.41) is 6.94. The summed E-state index contributed by atoms with van der Waals surface area (Å²) in [6.07, 6.45) is 6.21. The molecule has 2 aromatic carbocycles. The van der Waals surface area contributed by atoms with E-state index in [0.717, 1.165) is 11.3 Å². The van der Waals surface area contributed by atoms with Gasteiger partial charge in [0.25, 0.3) is 0 Å². The fourth-order valence-electron chi connectivity index (χ4n) is 2.26. The van der Waals surface area contributed by atoms with Crippen LogP contribution in [0.4, 0.5) is 5.69 Å². The van der Waals surface area contributed by atoms with Crippen LogP contribution in [0.25, 0.3) is 11.8 Å². The molecule has 0 aliphatic rings. The van der Waals surface area contributed by atoms with Crippen LogP contribution in [0.1, 0.15) is 5.56 Å². The second-order valence-corrected chi connectivity index (χ2v) is 4.92. The Hall–Kier alpha value is -3.41. The van der Waals surface area contributed by atoms with Crippen LogP contribution in [0, 0.1) is 0 Å². The van der Waals surface area contributed by atoms with Crippen LogP contribution < -0.4 is 10.1 Å². The van der Waals surface area contributed by atoms with Gasteiger partial charge in [0, 0.05) is 11.6 Å². The summed E-state index contributed by atoms with van der Waals surface area (Å²) in [7, 11) is 1.60. The maximum Gasteiger partial charge on any atom is 0.248 e. The molecule has 120 valence electrons. The molecule has 1 N–H and O–H groups in total. The summed E-state index contributed by atoms with van der Waals surface area (Å²) < 4.78 is 6.86. The third-order valence-corrected chi connectivity index (χ3v) is 3.38. The number of nitrogens with zero attached hydrogens (tertiary/aromatic N) is 3. The Balaban J connectivity index is 1.78. The molecule has 6 nitrogen and oxygen atoms in total. The maximum absolute atomic E-state index is 12.2. The lowest BCUT2D eigenvalue weighted by Crippen LogP contribution is -2.10. The lowest BCUT2D eigenvalue weighted by molar-refractivity contribution is -0.111. The average molecular weight is 320 g/mol. The van der Waals surface area contributed by atoms with Crippen molar-refractivity contribution in [3.8, 4) is 11.4 Å². The molecule has 3 aromatic rings. The summed E-state index contributed by atoms with van der Waals surface area (Å²) in [6, 6.07) is 14.9. The first-order valence-electron chi connectivity index (χ1n) is 7.34. The quantitative estimate of drug-likeness (QED) is 0.734. The molecule has 6 heteroatoms. The summed E-state index contributed by atoms with van der Waals surface area (Å²) in [6.45, 7) is 0. The lowest BCUT2D eigenvalue weighted by Gasteiger charge is -2.09. The molecular formula is C18H16N4O2. The van der Waals surface area contributed by atoms with Gasteiger partial charge >= 0.3 is 0 Å². The van der Waals surface area contributed by atoms with Crippen LogP contribution in [0.3, 0.4) is 0 Å². The predicted molar refractivity (Wildman–Crippen MR) is 92.0 cm³/mol. The van der Waals surface area contributed by atoms with Gasteiger partial charge in [0.1, 0.15) is 18.4 Å². The van der Waals surface area contributed by atoms with Crippen molar-refractivity contribution in [1.29, 1.82) is 0 Å². The van der Waals surface area contributed by atoms with Gasteiger partial charge in [-0.1, -0.05) is 30.3 Å². The van der Waals surface area contributed by atoms with Crippen LogP contribution in [-0.2, 0) is 4.79 Å². The van der Waals surface area contributed by atoms with E-state index in [1.54, 1.807) is 24.2 Å². The Morgan fingerprint density at radius 2 is 1.96 bits per heavy atom. The Bertz CT molecular complexity index is 857. The number of methoxy groups -OCH3 is 1. The highest BCUT2D eigenvalue weighted by Crippen LogP contribution is 2.20. The highest BCUT2D eigenvalue weighted by Gasteiger charge is 2.07. The van der Waals surface area contributed by atoms with Crippen LogP contribution in [0.15, 0.2) is 67.3 Å². The molecule has 1 aromatic heterocycles. The van der Waals surface area contributed by atoms with E-state index in [4.69, 9.17) is 4.74 Å². The maximum atomic E-state index is 12.2. The van der Waals surface area contributed by atoms with Gasteiger partial charge in [-0.2, -0.15) is 5.10 Å². The largest absolute Gasteiger partial charge is 0.496 e. The van der Waals surface area contributed by atoms with Gasteiger partial charge in [-0.15, -0.1) is 0 Å². The molecule has 0 bridgehead atoms. The minimum Gasteiger partial charge on any atom is -0.496 e. The molecule has 0 spiro atoms. The SMILES string of the molecule is COc1ccccc1/C=C/C(=O)Nc1ccccc1-n1cncn1. The summed E-state index contributed by atoms with van der Waals surface area (Å²) in [5.74, 6) is 0.470. The molecule has 0 atom stereocenters. The van der Waals surface area contributed by atoms with Crippen molar-refractivity contribution in [3.63, 3.8) is 0 Å². The normalized spacial score (nSPS) is 10.7. The van der Waals surface area contributed by atoms with Gasteiger partial charge in [0.15, 0.2) is 0 Å². The molecule has 0 saturated heterocycles. The van der Waals surface area contributed by atoms with Gasteiger partial charge in [-0.3, -0.25) is 4.79 Å². The number of aromatic nitrogens is 3. The number of rotatable bonds is 5. The molecule has 0 fully saturated rings. The number of anilines is 1. The number of nitrogens with one attached hydrogen (secondary N) is 1. The molecule has 1 heterocycles. The van der Waals surface area contributed by atoms with Gasteiger partial charge in [-0.25, -0.2) is 9.67 Å². The second kappa shape index (κ2) is 7.23. The molecule has 3 rings (SSSR count). The topological polar surface area (TPSA) is 69.0 Å². The fraction of sp³-hybridized carbons (Fsp3) is 0.0556. The number of hydrogen-bond donors (Lipinski definition) is 1. The first-order valence-corrected chi connectivity index (χ1v) is 7.34. The standard InChI is InChI=1S/C18H16N4O2/c1-24-17-9-5-2-6-14(17)10-11-18(23)21-15-7-3-4-8-16(15)22-13-19-12-20-22/h2-13H,1H3,(H,21,23)/b11-10+. The monoisotopic (exact) mass is 320 g/mol. The van der Waals surface area contributed by atoms with E-state index in [9.17, 15) is 4.79 Å². The average Bonchev–Trinajstić information content (AvgIpc) is 3.15. The first kappa shape index (κ1) is 15.5. The van der Waals surface area contributed by atoms with Crippen LogP contribution in [0.5, 0.6) is 5.75 Å². The van der Waals surface area contributed by atoms with Crippen LogP contribution >= 0.6 is 0 Å². The Morgan fingerprint density at radius 1 is 1.17 bits per heavy atom. The van der Waals surface area contributed by atoms with Gasteiger partial charge in [0.05, 0.1) is 18.5 Å². The van der Waals surface area contributed by atoms with Crippen molar-refractivity contribution in [2.24, 2.45) is 0 Å². The predicted octanol–water partition coefficient (Wildman–Crippen LogP) is 2.93. The number of carbonyl (C=O) groups excluding carboxylic acids is 1. The van der Waals surface area contributed by atoms with E-state index in [1.807, 2.05) is 48.5 Å². The van der Waals surface area contributed by atoms with Crippen molar-refractivity contribution in [2.75, 3.05) is 12.4 Å². The Labute approximate surface area is 139 Å². The third-order valence-electron chi connectivity index (χ3n) is 3.38. The van der Waals surface area contributed by atoms with Crippen molar-refractivity contribution in [1.82, 2.24) is 14.8 Å². The summed E-state index contributed by atoms with van der Waals surface area (Å²) in [4.78, 5) is 16.1. The second-order valence-electron chi connectivity index (χ2n) is 4.92. The van der Waals surface area contributed by atoms with Crippen LogP contribution in [0.2, 0.25) is 0 Å². The zero-order valence-electron chi connectivity index (χ0n) is 13.1. The van der Waals surface area contributed by atoms with E-state index in [0.29, 0.717) is 11.4 Å². The molecular weight excluding hydrogens is 304 g/mol. The number of amides is 1. The Morgan fingerprint density at radius 3 is 2.75 bits per heavy atom. The van der Waals surface area contributed by atoms with E-state index in [1.165, 1.54) is 12.4 Å². The van der Waals surface area contributed by atoms with Gasteiger partial charge in [-0.05, 0) is 24.3 Å². The zero-order valence-corrected chi connectivity index (χ0v) is 13.1. The molecule has 0 radical (unpaired) electrons. The summed E-state index contributed by atoms with van der Waals surface area (Å²) >= 11 is 0. The molecule has 0 aliphatic carbocycles. The smallest absolute Gasteiger partial charge is 0.248 e. The highest BCUT2D eigenvalue weighted by molar-refractivity contribution is 6.03. The van der Waals surface area contributed by atoms with Crippen LogP contribution in [-0.4, -0.2) is 27.8 Å². The van der Waals surface area contributed by atoms with Crippen molar-refractivity contribution in [2.45, 2.75) is 0 Å². The molecule has 1 amide bonds. The first-order chi connectivity index (χ1) is 11.8. The van der Waals surface area contributed by atoms with E-state index < -0.39 is 0 Å². The van der Waals surface area contributed by atoms with Gasteiger partial charge < -0.3 is 10.1 Å². The molecule has 0 unspecified atom stereocenters. The van der Waals surface area contributed by atoms with E-state index in [-0.39, 0.29) is 5.91 Å². The third kappa shape index (κ3) is 3.49. The lowest BCUT2D eigenvalue weighted by atomic mass is 10.2. The Kier molecular flexibility index (Phi) is 4.67. The number of benzene rings is 2. The van der Waals surface area contributed by atoms with Crippen molar-refractivity contribution < 1.29 is 9.53 Å². The number of ether oxygens (including phenoxy) is 1. The number of hydrogen-bond acceptors (Lipinski definition) is 4. The number of para-hydroxylation sites is 3. The summed E-state index contributed by atoms with van der Waals surface area (Å²) in [5.41, 5.74) is 2.23. The van der Waals surface area contributed by atoms with Crippen molar-refractivity contribution >= 4 is 17.7 Å². The number of carbonyl (C=O) groups is 1. The molecule has 0 saturated carbocycles. The van der Waals surface area contributed by atoms with Crippen molar-refractivity contribution in [3.05, 3.63) is 72.8 Å².